The number of halogens is 1. The summed E-state index contributed by atoms with van der Waals surface area (Å²) in [5.74, 6) is 0. The Bertz CT molecular complexity index is 581. The molecule has 80 valence electrons. The zero-order valence-electron chi connectivity index (χ0n) is 8.16. The van der Waals surface area contributed by atoms with Crippen molar-refractivity contribution in [1.29, 1.82) is 0 Å². The molecular weight excluding hydrogens is 228 g/mol. The lowest BCUT2D eigenvalue weighted by Gasteiger charge is -1.95. The molecule has 0 aliphatic rings. The molecule has 0 amide bonds. The quantitative estimate of drug-likeness (QED) is 0.465. The standard InChI is InChI=1S/C9H7ClN6/c10-8-3-4-9-12-6-7(16(9)14-8)2-1-5-13-15-11/h1-4,6H,5H2. The van der Waals surface area contributed by atoms with Crippen LogP contribution < -0.4 is 0 Å². The van der Waals surface area contributed by atoms with Crippen LogP contribution in [-0.2, 0) is 0 Å². The molecule has 16 heavy (non-hydrogen) atoms. The van der Waals surface area contributed by atoms with Gasteiger partial charge in [-0.3, -0.25) is 0 Å². The zero-order chi connectivity index (χ0) is 11.4. The minimum absolute atomic E-state index is 0.296. The molecule has 2 heterocycles. The normalized spacial score (nSPS) is 10.8. The smallest absolute Gasteiger partial charge is 0.154 e. The molecule has 0 bridgehead atoms. The molecule has 6 nitrogen and oxygen atoms in total. The molecule has 0 radical (unpaired) electrons. The van der Waals surface area contributed by atoms with E-state index >= 15 is 0 Å². The Balaban J connectivity index is 2.34. The van der Waals surface area contributed by atoms with E-state index in [-0.39, 0.29) is 0 Å². The summed E-state index contributed by atoms with van der Waals surface area (Å²) >= 11 is 5.78. The van der Waals surface area contributed by atoms with Crippen LogP contribution in [0.15, 0.2) is 29.5 Å². The van der Waals surface area contributed by atoms with Crippen molar-refractivity contribution >= 4 is 23.3 Å². The molecule has 0 atom stereocenters. The predicted molar refractivity (Wildman–Crippen MR) is 61.0 cm³/mol. The van der Waals surface area contributed by atoms with Gasteiger partial charge in [0.25, 0.3) is 0 Å². The van der Waals surface area contributed by atoms with Crippen molar-refractivity contribution in [2.75, 3.05) is 6.54 Å². The molecule has 0 aliphatic heterocycles. The van der Waals surface area contributed by atoms with E-state index in [1.54, 1.807) is 35.0 Å². The van der Waals surface area contributed by atoms with Crippen LogP contribution in [0, 0.1) is 0 Å². The second-order valence-electron chi connectivity index (χ2n) is 2.92. The summed E-state index contributed by atoms with van der Waals surface area (Å²) in [6, 6.07) is 3.46. The van der Waals surface area contributed by atoms with Crippen LogP contribution in [0.2, 0.25) is 5.15 Å². The summed E-state index contributed by atoms with van der Waals surface area (Å²) in [5, 5.41) is 7.88. The highest BCUT2D eigenvalue weighted by Gasteiger charge is 2.01. The van der Waals surface area contributed by atoms with Crippen LogP contribution in [-0.4, -0.2) is 21.1 Å². The lowest BCUT2D eigenvalue weighted by Crippen LogP contribution is -1.93. The fourth-order valence-electron chi connectivity index (χ4n) is 1.24. The van der Waals surface area contributed by atoms with E-state index in [9.17, 15) is 0 Å². The summed E-state index contributed by atoms with van der Waals surface area (Å²) in [7, 11) is 0. The average molecular weight is 235 g/mol. The number of hydrogen-bond acceptors (Lipinski definition) is 3. The van der Waals surface area contributed by atoms with E-state index in [0.29, 0.717) is 17.3 Å². The third-order valence-electron chi connectivity index (χ3n) is 1.90. The van der Waals surface area contributed by atoms with Gasteiger partial charge in [0.1, 0.15) is 5.15 Å². The number of nitrogens with zero attached hydrogens (tertiary/aromatic N) is 6. The monoisotopic (exact) mass is 234 g/mol. The van der Waals surface area contributed by atoms with Gasteiger partial charge in [-0.25, -0.2) is 9.50 Å². The summed E-state index contributed by atoms with van der Waals surface area (Å²) in [6.07, 6.45) is 5.18. The molecule has 2 aromatic rings. The van der Waals surface area contributed by atoms with Crippen LogP contribution in [0.1, 0.15) is 5.69 Å². The molecule has 0 aliphatic carbocycles. The minimum Gasteiger partial charge on any atom is -0.235 e. The molecule has 2 rings (SSSR count). The molecule has 0 spiro atoms. The fraction of sp³-hybridized carbons (Fsp3) is 0.111. The minimum atomic E-state index is 0.296. The van der Waals surface area contributed by atoms with Crippen molar-refractivity contribution < 1.29 is 0 Å². The van der Waals surface area contributed by atoms with Gasteiger partial charge in [-0.05, 0) is 23.7 Å². The molecule has 0 unspecified atom stereocenters. The summed E-state index contributed by atoms with van der Waals surface area (Å²) in [6.45, 7) is 0.296. The maximum Gasteiger partial charge on any atom is 0.154 e. The van der Waals surface area contributed by atoms with Gasteiger partial charge in [0.15, 0.2) is 5.65 Å². The predicted octanol–water partition coefficient (Wildman–Crippen LogP) is 2.71. The topological polar surface area (TPSA) is 79.0 Å². The first-order chi connectivity index (χ1) is 7.81. The molecule has 0 fully saturated rings. The second-order valence-corrected chi connectivity index (χ2v) is 3.31. The molecule has 0 saturated heterocycles. The van der Waals surface area contributed by atoms with Crippen molar-refractivity contribution in [3.8, 4) is 0 Å². The van der Waals surface area contributed by atoms with Gasteiger partial charge in [0, 0.05) is 11.5 Å². The first kappa shape index (κ1) is 10.5. The Morgan fingerprint density at radius 1 is 1.56 bits per heavy atom. The van der Waals surface area contributed by atoms with Crippen molar-refractivity contribution in [2.24, 2.45) is 5.11 Å². The molecule has 0 aromatic carbocycles. The van der Waals surface area contributed by atoms with Gasteiger partial charge in [-0.2, -0.15) is 5.10 Å². The van der Waals surface area contributed by atoms with Crippen LogP contribution in [0.4, 0.5) is 0 Å². The van der Waals surface area contributed by atoms with E-state index in [1.165, 1.54) is 0 Å². The number of rotatable bonds is 3. The first-order valence-corrected chi connectivity index (χ1v) is 4.87. The van der Waals surface area contributed by atoms with Crippen molar-refractivity contribution in [3.63, 3.8) is 0 Å². The van der Waals surface area contributed by atoms with Crippen molar-refractivity contribution in [3.05, 3.63) is 45.7 Å². The Kier molecular flexibility index (Phi) is 3.05. The van der Waals surface area contributed by atoms with E-state index in [2.05, 4.69) is 20.1 Å². The number of hydrogen-bond donors (Lipinski definition) is 0. The van der Waals surface area contributed by atoms with Gasteiger partial charge in [-0.15, -0.1) is 0 Å². The Morgan fingerprint density at radius 3 is 3.25 bits per heavy atom. The summed E-state index contributed by atoms with van der Waals surface area (Å²) in [5.41, 5.74) is 9.61. The third-order valence-corrected chi connectivity index (χ3v) is 2.10. The van der Waals surface area contributed by atoms with Crippen LogP contribution >= 0.6 is 11.6 Å². The Morgan fingerprint density at radius 2 is 2.44 bits per heavy atom. The Hall–Kier alpha value is -2.04. The van der Waals surface area contributed by atoms with Crippen LogP contribution in [0.5, 0.6) is 0 Å². The zero-order valence-corrected chi connectivity index (χ0v) is 8.91. The summed E-state index contributed by atoms with van der Waals surface area (Å²) in [4.78, 5) is 6.79. The Labute approximate surface area is 95.8 Å². The van der Waals surface area contributed by atoms with Crippen LogP contribution in [0.25, 0.3) is 22.2 Å². The number of fused-ring (bicyclic) bond motifs is 1. The molecule has 0 N–H and O–H groups in total. The molecular formula is C9H7ClN6. The second kappa shape index (κ2) is 4.65. The van der Waals surface area contributed by atoms with Gasteiger partial charge < -0.3 is 0 Å². The summed E-state index contributed by atoms with van der Waals surface area (Å²) < 4.78 is 1.62. The third kappa shape index (κ3) is 2.13. The number of azide groups is 1. The molecule has 0 saturated carbocycles. The van der Waals surface area contributed by atoms with E-state index in [4.69, 9.17) is 17.1 Å². The fourth-order valence-corrected chi connectivity index (χ4v) is 1.38. The van der Waals surface area contributed by atoms with Gasteiger partial charge in [0.05, 0.1) is 11.9 Å². The van der Waals surface area contributed by atoms with Crippen LogP contribution in [0.3, 0.4) is 0 Å². The SMILES string of the molecule is [N-]=[N+]=NCC=Cc1cnc2ccc(Cl)nn12. The lowest BCUT2D eigenvalue weighted by molar-refractivity contribution is 0.926. The first-order valence-electron chi connectivity index (χ1n) is 4.49. The van der Waals surface area contributed by atoms with E-state index in [1.807, 2.05) is 0 Å². The van der Waals surface area contributed by atoms with Crippen molar-refractivity contribution in [1.82, 2.24) is 14.6 Å². The number of imidazole rings is 1. The maximum absolute atomic E-state index is 8.11. The largest absolute Gasteiger partial charge is 0.235 e. The van der Waals surface area contributed by atoms with Gasteiger partial charge >= 0.3 is 0 Å². The van der Waals surface area contributed by atoms with E-state index < -0.39 is 0 Å². The highest BCUT2D eigenvalue weighted by Crippen LogP contribution is 2.10. The van der Waals surface area contributed by atoms with E-state index in [0.717, 1.165) is 5.69 Å². The number of aromatic nitrogens is 3. The van der Waals surface area contributed by atoms with Gasteiger partial charge in [-0.1, -0.05) is 22.8 Å². The molecule has 7 heteroatoms. The highest BCUT2D eigenvalue weighted by molar-refractivity contribution is 6.29. The lowest BCUT2D eigenvalue weighted by atomic mass is 10.4. The average Bonchev–Trinajstić information content (AvgIpc) is 2.67. The molecule has 2 aromatic heterocycles. The van der Waals surface area contributed by atoms with Gasteiger partial charge in [0.2, 0.25) is 0 Å². The highest BCUT2D eigenvalue weighted by atomic mass is 35.5. The maximum atomic E-state index is 8.11. The van der Waals surface area contributed by atoms with Crippen molar-refractivity contribution in [2.45, 2.75) is 0 Å².